The summed E-state index contributed by atoms with van der Waals surface area (Å²) < 4.78 is 11.2. The molecule has 0 rings (SSSR count). The van der Waals surface area contributed by atoms with Crippen LogP contribution in [0.5, 0.6) is 0 Å². The van der Waals surface area contributed by atoms with Gasteiger partial charge in [-0.2, -0.15) is 0 Å². The van der Waals surface area contributed by atoms with E-state index in [-0.39, 0.29) is 0 Å². The van der Waals surface area contributed by atoms with Crippen LogP contribution in [0.25, 0.3) is 0 Å². The molecule has 25 heavy (non-hydrogen) atoms. The van der Waals surface area contributed by atoms with Crippen LogP contribution >= 0.6 is 0 Å². The molecule has 2 heteroatoms. The largest absolute Gasteiger partial charge is 0.381 e. The van der Waals surface area contributed by atoms with E-state index in [1.54, 1.807) is 0 Å². The smallest absolute Gasteiger partial charge is 0.0514 e. The van der Waals surface area contributed by atoms with Gasteiger partial charge in [-0.15, -0.1) is 0 Å². The van der Waals surface area contributed by atoms with Gasteiger partial charge in [0.2, 0.25) is 0 Å². The lowest BCUT2D eigenvalue weighted by Gasteiger charge is -2.21. The van der Waals surface area contributed by atoms with E-state index in [9.17, 15) is 0 Å². The van der Waals surface area contributed by atoms with Crippen LogP contribution in [0.1, 0.15) is 102 Å². The summed E-state index contributed by atoms with van der Waals surface area (Å²) in [5.41, 5.74) is 1.51. The van der Waals surface area contributed by atoms with E-state index in [2.05, 4.69) is 83.1 Å². The molecule has 0 amide bonds. The first kappa shape index (κ1) is 27.1. The molecule has 0 radical (unpaired) electrons. The zero-order valence-corrected chi connectivity index (χ0v) is 19.8. The second-order valence-corrected chi connectivity index (χ2v) is 12.2. The maximum absolute atomic E-state index is 5.59. The minimum atomic E-state index is 0.303. The number of ether oxygens (including phenoxy) is 2. The molecule has 0 heterocycles. The molecule has 0 saturated heterocycles. The fourth-order valence-corrected chi connectivity index (χ4v) is 1.62. The van der Waals surface area contributed by atoms with Crippen LogP contribution in [0.3, 0.4) is 0 Å². The van der Waals surface area contributed by atoms with Crippen molar-refractivity contribution >= 4 is 0 Å². The van der Waals surface area contributed by atoms with Gasteiger partial charge in [0.1, 0.15) is 0 Å². The van der Waals surface area contributed by atoms with Gasteiger partial charge < -0.3 is 9.47 Å². The van der Waals surface area contributed by atoms with Gasteiger partial charge in [-0.05, 0) is 40.9 Å². The normalized spacial score (nSPS) is 13.4. The van der Waals surface area contributed by atoms with E-state index < -0.39 is 0 Å². The minimum absolute atomic E-state index is 0.303. The summed E-state index contributed by atoms with van der Waals surface area (Å²) in [6.07, 6.45) is 3.44. The summed E-state index contributed by atoms with van der Waals surface area (Å²) in [6.45, 7) is 30.4. The SMILES string of the molecule is CC(C)(C)CCOCC(C)(C)C.CC(C)(C)CCOCCC(C)(C)C. The summed E-state index contributed by atoms with van der Waals surface area (Å²) in [4.78, 5) is 0. The van der Waals surface area contributed by atoms with Crippen molar-refractivity contribution in [2.75, 3.05) is 26.4 Å². The quantitative estimate of drug-likeness (QED) is 0.442. The molecule has 0 fully saturated rings. The predicted octanol–water partition coefficient (Wildman–Crippen LogP) is 7.36. The van der Waals surface area contributed by atoms with Gasteiger partial charge in [0.25, 0.3) is 0 Å². The third-order valence-electron chi connectivity index (χ3n) is 3.52. The van der Waals surface area contributed by atoms with Crippen LogP contribution in [0, 0.1) is 21.7 Å². The molecule has 0 unspecified atom stereocenters. The second-order valence-electron chi connectivity index (χ2n) is 12.2. The molecular weight excluding hydrogens is 308 g/mol. The lowest BCUT2D eigenvalue weighted by molar-refractivity contribution is 0.0556. The molecular formula is C23H50O2. The van der Waals surface area contributed by atoms with Crippen LogP contribution < -0.4 is 0 Å². The molecule has 0 spiro atoms. The number of rotatable bonds is 7. The van der Waals surface area contributed by atoms with Crippen LogP contribution in [0.15, 0.2) is 0 Å². The van der Waals surface area contributed by atoms with E-state index >= 15 is 0 Å². The molecule has 154 valence electrons. The zero-order chi connectivity index (χ0) is 20.4. The molecule has 0 aromatic heterocycles. The highest BCUT2D eigenvalue weighted by molar-refractivity contribution is 4.63. The van der Waals surface area contributed by atoms with Crippen LogP contribution in [-0.4, -0.2) is 26.4 Å². The van der Waals surface area contributed by atoms with Gasteiger partial charge in [-0.1, -0.05) is 83.1 Å². The molecule has 0 atom stereocenters. The lowest BCUT2D eigenvalue weighted by Crippen LogP contribution is -2.17. The summed E-state index contributed by atoms with van der Waals surface area (Å²) in [5.74, 6) is 0. The molecule has 0 aliphatic heterocycles. The Balaban J connectivity index is 0. The van der Waals surface area contributed by atoms with Gasteiger partial charge in [0.15, 0.2) is 0 Å². The Morgan fingerprint density at radius 1 is 0.400 bits per heavy atom. The third-order valence-corrected chi connectivity index (χ3v) is 3.52. The lowest BCUT2D eigenvalue weighted by atomic mass is 9.92. The van der Waals surface area contributed by atoms with E-state index in [1.165, 1.54) is 0 Å². The van der Waals surface area contributed by atoms with Crippen molar-refractivity contribution in [3.05, 3.63) is 0 Å². The fraction of sp³-hybridized carbons (Fsp3) is 1.00. The van der Waals surface area contributed by atoms with E-state index in [1.807, 2.05) is 0 Å². The van der Waals surface area contributed by atoms with E-state index in [0.717, 1.165) is 45.7 Å². The molecule has 0 bridgehead atoms. The predicted molar refractivity (Wildman–Crippen MR) is 113 cm³/mol. The van der Waals surface area contributed by atoms with Crippen LogP contribution in [0.2, 0.25) is 0 Å². The summed E-state index contributed by atoms with van der Waals surface area (Å²) >= 11 is 0. The van der Waals surface area contributed by atoms with Gasteiger partial charge in [0, 0.05) is 19.8 Å². The number of hydrogen-bond acceptors (Lipinski definition) is 2. The Kier molecular flexibility index (Phi) is 12.6. The Bertz CT molecular complexity index is 273. The highest BCUT2D eigenvalue weighted by Crippen LogP contribution is 2.21. The highest BCUT2D eigenvalue weighted by Gasteiger charge is 2.13. The van der Waals surface area contributed by atoms with Crippen molar-refractivity contribution in [3.8, 4) is 0 Å². The first-order chi connectivity index (χ1) is 10.9. The van der Waals surface area contributed by atoms with Gasteiger partial charge in [0.05, 0.1) is 6.61 Å². The maximum atomic E-state index is 5.59. The maximum Gasteiger partial charge on any atom is 0.0514 e. The Labute approximate surface area is 160 Å². The fourth-order valence-electron chi connectivity index (χ4n) is 1.62. The summed E-state index contributed by atoms with van der Waals surface area (Å²) in [7, 11) is 0. The van der Waals surface area contributed by atoms with Gasteiger partial charge >= 0.3 is 0 Å². The first-order valence-electron chi connectivity index (χ1n) is 10.1. The highest BCUT2D eigenvalue weighted by atomic mass is 16.5. The van der Waals surface area contributed by atoms with Gasteiger partial charge in [-0.3, -0.25) is 0 Å². The average molecular weight is 359 g/mol. The molecule has 0 aliphatic rings. The number of hydrogen-bond donors (Lipinski definition) is 0. The van der Waals surface area contributed by atoms with E-state index in [4.69, 9.17) is 9.47 Å². The second kappa shape index (κ2) is 11.6. The topological polar surface area (TPSA) is 18.5 Å². The molecule has 0 aromatic rings. The van der Waals surface area contributed by atoms with Crippen molar-refractivity contribution < 1.29 is 9.47 Å². The molecule has 0 aromatic carbocycles. The summed E-state index contributed by atoms with van der Waals surface area (Å²) in [6, 6.07) is 0. The average Bonchev–Trinajstić information content (AvgIpc) is 2.30. The van der Waals surface area contributed by atoms with Crippen molar-refractivity contribution in [1.82, 2.24) is 0 Å². The Morgan fingerprint density at radius 3 is 0.920 bits per heavy atom. The Morgan fingerprint density at radius 2 is 0.680 bits per heavy atom. The van der Waals surface area contributed by atoms with E-state index in [0.29, 0.717) is 21.7 Å². The zero-order valence-electron chi connectivity index (χ0n) is 19.8. The molecule has 2 nitrogen and oxygen atoms in total. The van der Waals surface area contributed by atoms with Crippen molar-refractivity contribution in [1.29, 1.82) is 0 Å². The first-order valence-corrected chi connectivity index (χ1v) is 10.1. The van der Waals surface area contributed by atoms with Crippen LogP contribution in [-0.2, 0) is 9.47 Å². The van der Waals surface area contributed by atoms with Crippen molar-refractivity contribution in [2.45, 2.75) is 102 Å². The molecule has 0 N–H and O–H groups in total. The monoisotopic (exact) mass is 358 g/mol. The molecule has 0 saturated carbocycles. The van der Waals surface area contributed by atoms with Crippen molar-refractivity contribution in [2.24, 2.45) is 21.7 Å². The van der Waals surface area contributed by atoms with Gasteiger partial charge in [-0.25, -0.2) is 0 Å². The molecule has 0 aliphatic carbocycles. The Hall–Kier alpha value is -0.0800. The third kappa shape index (κ3) is 32.1. The standard InChI is InChI=1S/C12H26O.C11H24O/c1-11(2,3)7-9-13-10-8-12(4,5)6;1-10(2,3)7-8-12-9-11(4,5)6/h7-10H2,1-6H3;7-9H2,1-6H3. The van der Waals surface area contributed by atoms with Crippen molar-refractivity contribution in [3.63, 3.8) is 0 Å². The van der Waals surface area contributed by atoms with Crippen LogP contribution in [0.4, 0.5) is 0 Å². The summed E-state index contributed by atoms with van der Waals surface area (Å²) in [5, 5.41) is 0. The minimum Gasteiger partial charge on any atom is -0.381 e.